The van der Waals surface area contributed by atoms with Crippen LogP contribution in [0.5, 0.6) is 0 Å². The molecule has 0 saturated carbocycles. The second-order valence-corrected chi connectivity index (χ2v) is 13.6. The molecule has 1 aromatic heterocycles. The molecule has 9 nitrogen and oxygen atoms in total. The molecule has 2 aliphatic rings. The number of hydrogen-bond acceptors (Lipinski definition) is 7. The second kappa shape index (κ2) is 13.1. The molecule has 4 aromatic rings. The molecule has 3 aromatic carbocycles. The molecule has 0 bridgehead atoms. The molecule has 1 amide bonds. The maximum atomic E-state index is 14.4. The van der Waals surface area contributed by atoms with Crippen LogP contribution in [-0.2, 0) is 21.4 Å². The van der Waals surface area contributed by atoms with Crippen LogP contribution < -0.4 is 15.1 Å². The minimum atomic E-state index is -3.99. The first-order valence-corrected chi connectivity index (χ1v) is 16.8. The summed E-state index contributed by atoms with van der Waals surface area (Å²) in [6.45, 7) is 6.63. The lowest BCUT2D eigenvalue weighted by Crippen LogP contribution is -2.47. The van der Waals surface area contributed by atoms with Crippen molar-refractivity contribution in [3.05, 3.63) is 101 Å². The van der Waals surface area contributed by atoms with E-state index in [2.05, 4.69) is 16.3 Å². The first kappa shape index (κ1) is 31.6. The number of halogens is 2. The monoisotopic (exact) mass is 646 g/mol. The summed E-state index contributed by atoms with van der Waals surface area (Å²) in [7, 11) is -3.99. The van der Waals surface area contributed by atoms with E-state index in [0.29, 0.717) is 62.0 Å². The number of piperazine rings is 1. The van der Waals surface area contributed by atoms with Gasteiger partial charge >= 0.3 is 0 Å². The Labute approximate surface area is 267 Å². The van der Waals surface area contributed by atoms with Crippen molar-refractivity contribution in [2.45, 2.75) is 44.2 Å². The maximum absolute atomic E-state index is 14.4. The average molecular weight is 647 g/mol. The van der Waals surface area contributed by atoms with Gasteiger partial charge in [-0.15, -0.1) is 0 Å². The number of carbonyl (C=O) groups is 1. The molecule has 0 spiro atoms. The molecule has 12 heteroatoms. The van der Waals surface area contributed by atoms with Gasteiger partial charge in [0.15, 0.2) is 0 Å². The van der Waals surface area contributed by atoms with Gasteiger partial charge in [0.25, 0.3) is 0 Å². The van der Waals surface area contributed by atoms with Gasteiger partial charge < -0.3 is 15.1 Å². The van der Waals surface area contributed by atoms with E-state index in [1.54, 1.807) is 12.1 Å². The van der Waals surface area contributed by atoms with Crippen molar-refractivity contribution in [3.63, 3.8) is 0 Å². The number of para-hydroxylation sites is 1. The maximum Gasteiger partial charge on any atom is 0.243 e. The summed E-state index contributed by atoms with van der Waals surface area (Å²) in [5, 5.41) is 2.91. The molecule has 2 fully saturated rings. The summed E-state index contributed by atoms with van der Waals surface area (Å²) >= 11 is 0. The second-order valence-electron chi connectivity index (χ2n) is 11.7. The van der Waals surface area contributed by atoms with Crippen molar-refractivity contribution in [3.8, 4) is 11.3 Å². The normalized spacial score (nSPS) is 17.3. The van der Waals surface area contributed by atoms with Gasteiger partial charge in [0.05, 0.1) is 28.5 Å². The smallest absolute Gasteiger partial charge is 0.243 e. The van der Waals surface area contributed by atoms with Crippen molar-refractivity contribution in [1.29, 1.82) is 0 Å². The molecule has 0 aliphatic carbocycles. The van der Waals surface area contributed by atoms with Crippen LogP contribution in [0.1, 0.15) is 29.7 Å². The van der Waals surface area contributed by atoms with Crippen LogP contribution >= 0.6 is 0 Å². The highest BCUT2D eigenvalue weighted by atomic mass is 32.2. The van der Waals surface area contributed by atoms with Crippen molar-refractivity contribution in [1.82, 2.24) is 19.6 Å². The summed E-state index contributed by atoms with van der Waals surface area (Å²) in [4.78, 5) is 27.2. The zero-order valence-electron chi connectivity index (χ0n) is 25.8. The van der Waals surface area contributed by atoms with Gasteiger partial charge in [-0.3, -0.25) is 4.79 Å². The molecule has 3 heterocycles. The molecule has 1 N–H and O–H groups in total. The summed E-state index contributed by atoms with van der Waals surface area (Å²) in [6, 6.07) is 18.5. The van der Waals surface area contributed by atoms with Crippen LogP contribution in [0.3, 0.4) is 0 Å². The Morgan fingerprint density at radius 2 is 1.61 bits per heavy atom. The number of amides is 1. The largest absolute Gasteiger partial charge is 0.366 e. The van der Waals surface area contributed by atoms with Gasteiger partial charge in [0, 0.05) is 38.3 Å². The lowest BCUT2D eigenvalue weighted by atomic mass is 10.0. The highest BCUT2D eigenvalue weighted by Gasteiger charge is 2.39. The van der Waals surface area contributed by atoms with Gasteiger partial charge in [-0.1, -0.05) is 29.8 Å². The molecule has 1 unspecified atom stereocenters. The number of sulfonamides is 1. The van der Waals surface area contributed by atoms with E-state index in [-0.39, 0.29) is 23.8 Å². The van der Waals surface area contributed by atoms with E-state index in [0.717, 1.165) is 28.8 Å². The fourth-order valence-corrected chi connectivity index (χ4v) is 7.70. The van der Waals surface area contributed by atoms with Gasteiger partial charge in [-0.25, -0.2) is 27.2 Å². The molecule has 2 aliphatic heterocycles. The summed E-state index contributed by atoms with van der Waals surface area (Å²) in [5.41, 5.74) is 4.94. The zero-order valence-corrected chi connectivity index (χ0v) is 26.6. The van der Waals surface area contributed by atoms with Gasteiger partial charge in [0.2, 0.25) is 21.9 Å². The Balaban J connectivity index is 1.23. The molecule has 1 atom stereocenters. The standard InChI is InChI=1S/C34H36F2N6O3S/c1-23-9-10-24(2)28(20-23)30-21-26(38-34(39-30)41-18-16-40(17-19-41)31-7-4-3-6-29(31)36)22-37-33(43)32-8-5-15-42(32)46(44,45)27-13-11-25(35)12-14-27/h3-4,6-7,9-14,20-21,32H,5,8,15-19,22H2,1-2H3,(H,37,43). The van der Waals surface area contributed by atoms with Crippen molar-refractivity contribution in [2.75, 3.05) is 42.5 Å². The molecule has 46 heavy (non-hydrogen) atoms. The van der Waals surface area contributed by atoms with Crippen LogP contribution in [0.15, 0.2) is 77.7 Å². The van der Waals surface area contributed by atoms with E-state index >= 15 is 0 Å². The third-order valence-corrected chi connectivity index (χ3v) is 10.5. The van der Waals surface area contributed by atoms with Crippen LogP contribution in [0, 0.1) is 25.5 Å². The van der Waals surface area contributed by atoms with Crippen LogP contribution in [0.2, 0.25) is 0 Å². The van der Waals surface area contributed by atoms with Crippen LogP contribution in [0.25, 0.3) is 11.3 Å². The number of benzene rings is 3. The summed E-state index contributed by atoms with van der Waals surface area (Å²) < 4.78 is 55.7. The van der Waals surface area contributed by atoms with Gasteiger partial charge in [-0.05, 0) is 80.8 Å². The van der Waals surface area contributed by atoms with Crippen molar-refractivity contribution < 1.29 is 22.0 Å². The van der Waals surface area contributed by atoms with Crippen molar-refractivity contribution >= 4 is 27.6 Å². The first-order valence-electron chi connectivity index (χ1n) is 15.4. The highest BCUT2D eigenvalue weighted by molar-refractivity contribution is 7.89. The number of nitrogens with one attached hydrogen (secondary N) is 1. The Bertz CT molecular complexity index is 1850. The van der Waals surface area contributed by atoms with E-state index in [1.807, 2.05) is 43.0 Å². The lowest BCUT2D eigenvalue weighted by molar-refractivity contribution is -0.124. The van der Waals surface area contributed by atoms with E-state index in [9.17, 15) is 22.0 Å². The average Bonchev–Trinajstić information content (AvgIpc) is 3.57. The Hall–Kier alpha value is -4.42. The molecule has 240 valence electrons. The van der Waals surface area contributed by atoms with Gasteiger partial charge in [0.1, 0.15) is 17.7 Å². The fourth-order valence-electron chi connectivity index (χ4n) is 6.05. The Morgan fingerprint density at radius 1 is 0.891 bits per heavy atom. The van der Waals surface area contributed by atoms with E-state index < -0.39 is 27.8 Å². The molecule has 2 saturated heterocycles. The minimum Gasteiger partial charge on any atom is -0.366 e. The number of anilines is 2. The number of aryl methyl sites for hydroxylation is 2. The third-order valence-electron chi connectivity index (χ3n) is 8.56. The molecular formula is C34H36F2N6O3S. The lowest BCUT2D eigenvalue weighted by Gasteiger charge is -2.36. The number of aromatic nitrogens is 2. The topological polar surface area (TPSA) is 98.7 Å². The summed E-state index contributed by atoms with van der Waals surface area (Å²) in [5.74, 6) is -0.702. The summed E-state index contributed by atoms with van der Waals surface area (Å²) in [6.07, 6.45) is 0.910. The quantitative estimate of drug-likeness (QED) is 0.293. The number of carbonyl (C=O) groups excluding carboxylic acids is 1. The Kier molecular flexibility index (Phi) is 9.01. The first-order chi connectivity index (χ1) is 22.1. The Morgan fingerprint density at radius 3 is 2.35 bits per heavy atom. The zero-order chi connectivity index (χ0) is 32.4. The fraction of sp³-hybridized carbons (Fsp3) is 0.324. The number of nitrogens with zero attached hydrogens (tertiary/aromatic N) is 5. The highest BCUT2D eigenvalue weighted by Crippen LogP contribution is 2.29. The van der Waals surface area contributed by atoms with E-state index in [1.165, 1.54) is 22.5 Å². The predicted molar refractivity (Wildman–Crippen MR) is 173 cm³/mol. The molecular weight excluding hydrogens is 610 g/mol. The van der Waals surface area contributed by atoms with Crippen molar-refractivity contribution in [2.24, 2.45) is 0 Å². The third kappa shape index (κ3) is 6.59. The predicted octanol–water partition coefficient (Wildman–Crippen LogP) is 4.83. The van der Waals surface area contributed by atoms with E-state index in [4.69, 9.17) is 9.97 Å². The minimum absolute atomic E-state index is 0.0534. The SMILES string of the molecule is Cc1ccc(C)c(-c2cc(CNC(=O)C3CCCN3S(=O)(=O)c3ccc(F)cc3)nc(N3CCN(c4ccccc4F)CC3)n2)c1. The number of hydrogen-bond donors (Lipinski definition) is 1. The van der Waals surface area contributed by atoms with Crippen LogP contribution in [0.4, 0.5) is 20.4 Å². The van der Waals surface area contributed by atoms with Crippen LogP contribution in [-0.4, -0.2) is 67.4 Å². The molecule has 6 rings (SSSR count). The molecule has 0 radical (unpaired) electrons. The number of rotatable bonds is 8. The van der Waals surface area contributed by atoms with Gasteiger partial charge in [-0.2, -0.15) is 4.31 Å².